The lowest BCUT2D eigenvalue weighted by molar-refractivity contribution is 0.371. The maximum atomic E-state index is 12.9. The zero-order chi connectivity index (χ0) is 17.3. The van der Waals surface area contributed by atoms with E-state index in [-0.39, 0.29) is 27.9 Å². The first-order valence-corrected chi connectivity index (χ1v) is 8.35. The highest BCUT2D eigenvalue weighted by atomic mass is 32.2. The van der Waals surface area contributed by atoms with E-state index in [0.29, 0.717) is 5.56 Å². The zero-order valence-electron chi connectivity index (χ0n) is 13.2. The van der Waals surface area contributed by atoms with Gasteiger partial charge in [0.15, 0.2) is 16.4 Å². The predicted molar refractivity (Wildman–Crippen MR) is 85.9 cm³/mol. The van der Waals surface area contributed by atoms with Crippen LogP contribution in [-0.4, -0.2) is 42.2 Å². The Labute approximate surface area is 138 Å². The molecule has 2 aromatic heterocycles. The molecule has 0 unspecified atom stereocenters. The smallest absolute Gasteiger partial charge is 0.270 e. The normalized spacial score (nSPS) is 11.5. The Morgan fingerprint density at radius 2 is 1.96 bits per heavy atom. The van der Waals surface area contributed by atoms with Crippen molar-refractivity contribution in [1.82, 2.24) is 19.6 Å². The van der Waals surface area contributed by atoms with Crippen LogP contribution in [0.5, 0.6) is 11.5 Å². The van der Waals surface area contributed by atoms with Crippen molar-refractivity contribution in [2.24, 2.45) is 0 Å². The van der Waals surface area contributed by atoms with Crippen LogP contribution in [0.1, 0.15) is 5.56 Å². The van der Waals surface area contributed by atoms with E-state index in [2.05, 4.69) is 19.8 Å². The molecule has 24 heavy (non-hydrogen) atoms. The molecule has 0 aliphatic heterocycles. The summed E-state index contributed by atoms with van der Waals surface area (Å²) >= 11 is 0. The molecule has 0 saturated carbocycles. The van der Waals surface area contributed by atoms with E-state index in [1.807, 2.05) is 0 Å². The molecular formula is C14H15N5O4S. The second kappa shape index (κ2) is 5.96. The molecule has 3 aromatic rings. The van der Waals surface area contributed by atoms with Gasteiger partial charge in [0.05, 0.1) is 14.2 Å². The monoisotopic (exact) mass is 349 g/mol. The van der Waals surface area contributed by atoms with Gasteiger partial charge >= 0.3 is 0 Å². The van der Waals surface area contributed by atoms with E-state index in [1.165, 1.54) is 31.3 Å². The molecule has 3 rings (SSSR count). The van der Waals surface area contributed by atoms with Crippen LogP contribution in [0.4, 0.5) is 5.82 Å². The number of ether oxygens (including phenoxy) is 2. The third-order valence-electron chi connectivity index (χ3n) is 3.39. The Bertz CT molecular complexity index is 1000. The van der Waals surface area contributed by atoms with Crippen molar-refractivity contribution in [3.8, 4) is 11.5 Å². The van der Waals surface area contributed by atoms with Gasteiger partial charge in [0, 0.05) is 12.4 Å². The molecule has 0 bridgehead atoms. The third kappa shape index (κ3) is 2.60. The average Bonchev–Trinajstić information content (AvgIpc) is 3.04. The Morgan fingerprint density at radius 1 is 1.17 bits per heavy atom. The van der Waals surface area contributed by atoms with E-state index in [9.17, 15) is 8.42 Å². The summed E-state index contributed by atoms with van der Waals surface area (Å²) in [6.07, 6.45) is 4.29. The lowest BCUT2D eigenvalue weighted by Gasteiger charge is -2.16. The minimum atomic E-state index is -4.03. The molecule has 0 fully saturated rings. The standard InChI is InChI=1S/C14H15N5O4S/c1-9-4-5-10(22-2)12(11(9)23-3)24(20,21)18-13-14-16-8-17-19(14)7-6-15-13/h4-8H,1-3H3,(H,15,18). The Hall–Kier alpha value is -2.88. The van der Waals surface area contributed by atoms with Crippen LogP contribution in [0, 0.1) is 6.92 Å². The number of aromatic nitrogens is 4. The van der Waals surface area contributed by atoms with Crippen molar-refractivity contribution in [2.45, 2.75) is 11.8 Å². The Kier molecular flexibility index (Phi) is 3.97. The van der Waals surface area contributed by atoms with E-state index >= 15 is 0 Å². The third-order valence-corrected chi connectivity index (χ3v) is 4.78. The Morgan fingerprint density at radius 3 is 2.67 bits per heavy atom. The highest BCUT2D eigenvalue weighted by Crippen LogP contribution is 2.36. The van der Waals surface area contributed by atoms with Crippen LogP contribution in [0.2, 0.25) is 0 Å². The zero-order valence-corrected chi connectivity index (χ0v) is 14.0. The van der Waals surface area contributed by atoms with Crippen molar-refractivity contribution in [1.29, 1.82) is 0 Å². The van der Waals surface area contributed by atoms with Gasteiger partial charge in [-0.1, -0.05) is 6.07 Å². The van der Waals surface area contributed by atoms with E-state index in [0.717, 1.165) is 0 Å². The molecule has 9 nitrogen and oxygen atoms in total. The van der Waals surface area contributed by atoms with Crippen molar-refractivity contribution in [2.75, 3.05) is 18.9 Å². The number of aryl methyl sites for hydroxylation is 1. The second-order valence-electron chi connectivity index (χ2n) is 4.86. The number of hydrogen-bond acceptors (Lipinski definition) is 7. The summed E-state index contributed by atoms with van der Waals surface area (Å²) in [6.45, 7) is 1.74. The molecule has 0 amide bonds. The first kappa shape index (κ1) is 16.0. The molecule has 2 heterocycles. The fraction of sp³-hybridized carbons (Fsp3) is 0.214. The maximum Gasteiger partial charge on any atom is 0.270 e. The van der Waals surface area contributed by atoms with Crippen LogP contribution in [0.15, 0.2) is 35.7 Å². The lowest BCUT2D eigenvalue weighted by Crippen LogP contribution is -2.17. The molecule has 1 N–H and O–H groups in total. The number of anilines is 1. The molecule has 1 aromatic carbocycles. The predicted octanol–water partition coefficient (Wildman–Crippen LogP) is 1.25. The summed E-state index contributed by atoms with van der Waals surface area (Å²) in [5.74, 6) is 0.425. The minimum Gasteiger partial charge on any atom is -0.495 e. The van der Waals surface area contributed by atoms with Crippen molar-refractivity contribution < 1.29 is 17.9 Å². The van der Waals surface area contributed by atoms with Crippen LogP contribution in [0.25, 0.3) is 5.65 Å². The van der Waals surface area contributed by atoms with Gasteiger partial charge < -0.3 is 9.47 Å². The maximum absolute atomic E-state index is 12.9. The fourth-order valence-electron chi connectivity index (χ4n) is 2.32. The van der Waals surface area contributed by atoms with Gasteiger partial charge in [-0.3, -0.25) is 4.72 Å². The average molecular weight is 349 g/mol. The first-order valence-electron chi connectivity index (χ1n) is 6.86. The summed E-state index contributed by atoms with van der Waals surface area (Å²) in [6, 6.07) is 3.28. The number of fused-ring (bicyclic) bond motifs is 1. The van der Waals surface area contributed by atoms with Gasteiger partial charge in [-0.05, 0) is 18.6 Å². The van der Waals surface area contributed by atoms with Crippen molar-refractivity contribution in [3.63, 3.8) is 0 Å². The quantitative estimate of drug-likeness (QED) is 0.738. The fourth-order valence-corrected chi connectivity index (χ4v) is 3.72. The number of nitrogens with zero attached hydrogens (tertiary/aromatic N) is 4. The van der Waals surface area contributed by atoms with E-state index in [4.69, 9.17) is 9.47 Å². The van der Waals surface area contributed by atoms with Crippen LogP contribution in [0.3, 0.4) is 0 Å². The van der Waals surface area contributed by atoms with Gasteiger partial charge in [0.1, 0.15) is 17.8 Å². The Balaban J connectivity index is 2.15. The summed E-state index contributed by atoms with van der Waals surface area (Å²) in [7, 11) is -1.24. The molecule has 0 atom stereocenters. The topological polar surface area (TPSA) is 108 Å². The minimum absolute atomic E-state index is 0.0561. The number of benzene rings is 1. The molecule has 0 radical (unpaired) electrons. The van der Waals surface area contributed by atoms with Gasteiger partial charge in [-0.15, -0.1) is 0 Å². The van der Waals surface area contributed by atoms with Crippen molar-refractivity contribution >= 4 is 21.5 Å². The van der Waals surface area contributed by atoms with Crippen LogP contribution >= 0.6 is 0 Å². The van der Waals surface area contributed by atoms with Gasteiger partial charge in [-0.25, -0.2) is 22.9 Å². The molecular weight excluding hydrogens is 334 g/mol. The summed E-state index contributed by atoms with van der Waals surface area (Å²) < 4.78 is 40.1. The van der Waals surface area contributed by atoms with Crippen molar-refractivity contribution in [3.05, 3.63) is 36.4 Å². The highest BCUT2D eigenvalue weighted by molar-refractivity contribution is 7.93. The largest absolute Gasteiger partial charge is 0.495 e. The molecule has 0 aliphatic rings. The van der Waals surface area contributed by atoms with Gasteiger partial charge in [0.2, 0.25) is 0 Å². The lowest BCUT2D eigenvalue weighted by atomic mass is 10.2. The van der Waals surface area contributed by atoms with Crippen LogP contribution < -0.4 is 14.2 Å². The first-order chi connectivity index (χ1) is 11.5. The SMILES string of the molecule is COc1ccc(C)c(OC)c1S(=O)(=O)Nc1nccn2ncnc12. The second-order valence-corrected chi connectivity index (χ2v) is 6.48. The van der Waals surface area contributed by atoms with Gasteiger partial charge in [-0.2, -0.15) is 5.10 Å². The molecule has 10 heteroatoms. The number of methoxy groups -OCH3 is 2. The molecule has 0 aliphatic carbocycles. The highest BCUT2D eigenvalue weighted by Gasteiger charge is 2.27. The number of rotatable bonds is 5. The molecule has 0 saturated heterocycles. The van der Waals surface area contributed by atoms with E-state index in [1.54, 1.807) is 25.3 Å². The number of nitrogens with one attached hydrogen (secondary N) is 1. The summed E-state index contributed by atoms with van der Waals surface area (Å²) in [5.41, 5.74) is 0.944. The molecule has 0 spiro atoms. The van der Waals surface area contributed by atoms with Gasteiger partial charge in [0.25, 0.3) is 10.0 Å². The number of hydrogen-bond donors (Lipinski definition) is 1. The number of sulfonamides is 1. The van der Waals surface area contributed by atoms with E-state index < -0.39 is 10.0 Å². The van der Waals surface area contributed by atoms with Crippen LogP contribution in [-0.2, 0) is 10.0 Å². The summed E-state index contributed by atoms with van der Waals surface area (Å²) in [5, 5.41) is 3.95. The molecule has 126 valence electrons. The summed E-state index contributed by atoms with van der Waals surface area (Å²) in [4.78, 5) is 7.93.